The Morgan fingerprint density at radius 3 is 2.67 bits per heavy atom. The molecule has 0 radical (unpaired) electrons. The number of fused-ring (bicyclic) bond motifs is 1. The third kappa shape index (κ3) is 5.90. The van der Waals surface area contributed by atoms with E-state index >= 15 is 0 Å². The third-order valence-electron chi connectivity index (χ3n) is 4.22. The van der Waals surface area contributed by atoms with Crippen LogP contribution in [-0.2, 0) is 16.1 Å². The highest BCUT2D eigenvalue weighted by atomic mass is 16.4. The summed E-state index contributed by atoms with van der Waals surface area (Å²) in [6, 6.07) is 7.35. The zero-order chi connectivity index (χ0) is 19.8. The molecule has 0 spiro atoms. The second-order valence-corrected chi connectivity index (χ2v) is 6.44. The van der Waals surface area contributed by atoms with Crippen LogP contribution in [0.5, 0.6) is 0 Å². The Labute approximate surface area is 157 Å². The minimum absolute atomic E-state index is 0.00870. The third-order valence-corrected chi connectivity index (χ3v) is 4.22. The molecule has 2 amide bonds. The Bertz CT molecular complexity index is 849. The first-order valence-corrected chi connectivity index (χ1v) is 8.98. The SMILES string of the molecule is C[C@H](NC(=O)[C@@H](N)CCCCN)C(=O)NCc1cc2ccccc2oc1=O. The number of unbranched alkanes of at least 4 members (excludes halogenated alkanes) is 1. The van der Waals surface area contributed by atoms with Crippen molar-refractivity contribution >= 4 is 22.8 Å². The summed E-state index contributed by atoms with van der Waals surface area (Å²) in [6.07, 6.45) is 2.06. The molecule has 0 saturated carbocycles. The van der Waals surface area contributed by atoms with Crippen LogP contribution < -0.4 is 27.7 Å². The molecule has 1 heterocycles. The van der Waals surface area contributed by atoms with Gasteiger partial charge in [-0.25, -0.2) is 4.79 Å². The number of hydrogen-bond donors (Lipinski definition) is 4. The van der Waals surface area contributed by atoms with E-state index in [-0.39, 0.29) is 12.5 Å². The average molecular weight is 374 g/mol. The fourth-order valence-electron chi connectivity index (χ4n) is 2.59. The number of para-hydroxylation sites is 1. The standard InChI is InChI=1S/C19H26N4O4/c1-12(23-18(25)15(21)7-4-5-9-20)17(24)22-11-14-10-13-6-2-3-8-16(13)27-19(14)26/h2-3,6,8,10,12,15H,4-5,7,9,11,20-21H2,1H3,(H,22,24)(H,23,25)/t12-,15-/m0/s1. The Kier molecular flexibility index (Phi) is 7.51. The monoisotopic (exact) mass is 374 g/mol. The molecule has 0 saturated heterocycles. The zero-order valence-electron chi connectivity index (χ0n) is 15.4. The number of nitrogens with two attached hydrogens (primary N) is 2. The van der Waals surface area contributed by atoms with Gasteiger partial charge < -0.3 is 26.5 Å². The second-order valence-electron chi connectivity index (χ2n) is 6.44. The first-order chi connectivity index (χ1) is 12.9. The molecule has 2 rings (SSSR count). The van der Waals surface area contributed by atoms with Gasteiger partial charge in [-0.2, -0.15) is 0 Å². The van der Waals surface area contributed by atoms with E-state index in [2.05, 4.69) is 10.6 Å². The molecule has 0 aliphatic heterocycles. The first kappa shape index (κ1) is 20.6. The average Bonchev–Trinajstić information content (AvgIpc) is 2.65. The molecule has 2 aromatic rings. The molecule has 0 aliphatic carbocycles. The largest absolute Gasteiger partial charge is 0.422 e. The van der Waals surface area contributed by atoms with Gasteiger partial charge >= 0.3 is 5.63 Å². The molecule has 27 heavy (non-hydrogen) atoms. The van der Waals surface area contributed by atoms with Crippen molar-refractivity contribution in [3.63, 3.8) is 0 Å². The number of hydrogen-bond acceptors (Lipinski definition) is 6. The van der Waals surface area contributed by atoms with E-state index in [1.807, 2.05) is 12.1 Å². The maximum Gasteiger partial charge on any atom is 0.341 e. The predicted molar refractivity (Wildman–Crippen MR) is 103 cm³/mol. The van der Waals surface area contributed by atoms with E-state index in [0.29, 0.717) is 24.1 Å². The number of rotatable bonds is 9. The van der Waals surface area contributed by atoms with Crippen LogP contribution in [0.25, 0.3) is 11.0 Å². The summed E-state index contributed by atoms with van der Waals surface area (Å²) in [5, 5.41) is 5.98. The predicted octanol–water partition coefficient (Wildman–Crippen LogP) is 0.370. The first-order valence-electron chi connectivity index (χ1n) is 8.98. The lowest BCUT2D eigenvalue weighted by atomic mass is 10.1. The maximum absolute atomic E-state index is 12.2. The Balaban J connectivity index is 1.88. The summed E-state index contributed by atoms with van der Waals surface area (Å²) >= 11 is 0. The molecule has 6 N–H and O–H groups in total. The molecule has 0 fully saturated rings. The van der Waals surface area contributed by atoms with E-state index in [1.165, 1.54) is 0 Å². The van der Waals surface area contributed by atoms with Crippen molar-refractivity contribution in [2.24, 2.45) is 11.5 Å². The fraction of sp³-hybridized carbons (Fsp3) is 0.421. The molecular weight excluding hydrogens is 348 g/mol. The summed E-state index contributed by atoms with van der Waals surface area (Å²) in [7, 11) is 0. The van der Waals surface area contributed by atoms with Gasteiger partial charge in [0.25, 0.3) is 0 Å². The smallest absolute Gasteiger partial charge is 0.341 e. The topological polar surface area (TPSA) is 140 Å². The Morgan fingerprint density at radius 1 is 1.19 bits per heavy atom. The molecule has 0 unspecified atom stereocenters. The van der Waals surface area contributed by atoms with Gasteiger partial charge in [-0.15, -0.1) is 0 Å². The number of amides is 2. The van der Waals surface area contributed by atoms with E-state index in [0.717, 1.165) is 18.2 Å². The van der Waals surface area contributed by atoms with E-state index in [4.69, 9.17) is 15.9 Å². The summed E-state index contributed by atoms with van der Waals surface area (Å²) < 4.78 is 5.23. The summed E-state index contributed by atoms with van der Waals surface area (Å²) in [5.41, 5.74) is 11.5. The molecule has 8 heteroatoms. The lowest BCUT2D eigenvalue weighted by Gasteiger charge is -2.17. The highest BCUT2D eigenvalue weighted by molar-refractivity contribution is 5.89. The van der Waals surface area contributed by atoms with Crippen LogP contribution in [0.4, 0.5) is 0 Å². The molecule has 0 aliphatic rings. The van der Waals surface area contributed by atoms with Crippen molar-refractivity contribution in [3.8, 4) is 0 Å². The maximum atomic E-state index is 12.2. The van der Waals surface area contributed by atoms with E-state index in [9.17, 15) is 14.4 Å². The summed E-state index contributed by atoms with van der Waals surface area (Å²) in [6.45, 7) is 2.12. The van der Waals surface area contributed by atoms with Crippen LogP contribution in [0.3, 0.4) is 0 Å². The van der Waals surface area contributed by atoms with Gasteiger partial charge in [0.05, 0.1) is 18.2 Å². The quantitative estimate of drug-likeness (QED) is 0.369. The lowest BCUT2D eigenvalue weighted by Crippen LogP contribution is -2.50. The molecule has 1 aromatic heterocycles. The summed E-state index contributed by atoms with van der Waals surface area (Å²) in [4.78, 5) is 36.2. The second kappa shape index (κ2) is 9.84. The van der Waals surface area contributed by atoms with Crippen molar-refractivity contribution in [1.29, 1.82) is 0 Å². The Morgan fingerprint density at radius 2 is 1.93 bits per heavy atom. The molecule has 146 valence electrons. The van der Waals surface area contributed by atoms with Crippen LogP contribution in [0.1, 0.15) is 31.7 Å². The number of nitrogens with one attached hydrogen (secondary N) is 2. The number of benzene rings is 1. The van der Waals surface area contributed by atoms with Gasteiger partial charge in [-0.05, 0) is 38.4 Å². The molecule has 0 bridgehead atoms. The van der Waals surface area contributed by atoms with Crippen molar-refractivity contribution < 1.29 is 14.0 Å². The number of carbonyl (C=O) groups is 2. The van der Waals surface area contributed by atoms with Crippen LogP contribution >= 0.6 is 0 Å². The van der Waals surface area contributed by atoms with Gasteiger partial charge in [-0.1, -0.05) is 24.6 Å². The van der Waals surface area contributed by atoms with Crippen molar-refractivity contribution in [3.05, 3.63) is 46.3 Å². The fourth-order valence-corrected chi connectivity index (χ4v) is 2.59. The normalized spacial score (nSPS) is 13.1. The Hall–Kier alpha value is -2.71. The van der Waals surface area contributed by atoms with Gasteiger partial charge in [0, 0.05) is 5.39 Å². The zero-order valence-corrected chi connectivity index (χ0v) is 15.4. The van der Waals surface area contributed by atoms with E-state index in [1.54, 1.807) is 25.1 Å². The summed E-state index contributed by atoms with van der Waals surface area (Å²) in [5.74, 6) is -0.801. The minimum atomic E-state index is -0.773. The minimum Gasteiger partial charge on any atom is -0.422 e. The van der Waals surface area contributed by atoms with Crippen molar-refractivity contribution in [2.45, 2.75) is 44.8 Å². The molecule has 8 nitrogen and oxygen atoms in total. The number of carbonyl (C=O) groups excluding carboxylic acids is 2. The van der Waals surface area contributed by atoms with Crippen LogP contribution in [0.15, 0.2) is 39.5 Å². The van der Waals surface area contributed by atoms with Gasteiger partial charge in [0.15, 0.2) is 0 Å². The van der Waals surface area contributed by atoms with Crippen LogP contribution in [0, 0.1) is 0 Å². The highest BCUT2D eigenvalue weighted by Gasteiger charge is 2.20. The van der Waals surface area contributed by atoms with Gasteiger partial charge in [-0.3, -0.25) is 9.59 Å². The van der Waals surface area contributed by atoms with Gasteiger partial charge in [0.1, 0.15) is 11.6 Å². The van der Waals surface area contributed by atoms with Crippen LogP contribution in [0.2, 0.25) is 0 Å². The highest BCUT2D eigenvalue weighted by Crippen LogP contribution is 2.12. The molecule has 1 aromatic carbocycles. The molecule has 2 atom stereocenters. The van der Waals surface area contributed by atoms with Crippen molar-refractivity contribution in [2.75, 3.05) is 6.54 Å². The lowest BCUT2D eigenvalue weighted by molar-refractivity contribution is -0.129. The van der Waals surface area contributed by atoms with Crippen molar-refractivity contribution in [1.82, 2.24) is 10.6 Å². The van der Waals surface area contributed by atoms with Crippen LogP contribution in [-0.4, -0.2) is 30.4 Å². The van der Waals surface area contributed by atoms with Gasteiger partial charge in [0.2, 0.25) is 11.8 Å². The molecular formula is C19H26N4O4. The van der Waals surface area contributed by atoms with E-state index < -0.39 is 23.6 Å².